The Kier molecular flexibility index (Phi) is 2.94. The molecule has 2 heterocycles. The van der Waals surface area contributed by atoms with Gasteiger partial charge in [0.2, 0.25) is 5.56 Å². The van der Waals surface area contributed by atoms with Crippen molar-refractivity contribution < 1.29 is 0 Å². The Morgan fingerprint density at radius 2 is 2.11 bits per heavy atom. The molecule has 0 saturated heterocycles. The predicted molar refractivity (Wildman–Crippen MR) is 73.9 cm³/mol. The van der Waals surface area contributed by atoms with E-state index in [-0.39, 0.29) is 5.56 Å². The predicted octanol–water partition coefficient (Wildman–Crippen LogP) is 1.93. The van der Waals surface area contributed by atoms with Gasteiger partial charge in [0, 0.05) is 35.1 Å². The minimum absolute atomic E-state index is 0.0900. The lowest BCUT2D eigenvalue weighted by molar-refractivity contribution is 1.01. The molecule has 0 saturated carbocycles. The fourth-order valence-corrected chi connectivity index (χ4v) is 1.88. The summed E-state index contributed by atoms with van der Waals surface area (Å²) < 4.78 is 0. The number of hydrogen-bond acceptors (Lipinski definition) is 4. The number of aromatic amines is 1. The van der Waals surface area contributed by atoms with Crippen molar-refractivity contribution in [2.24, 2.45) is 0 Å². The first-order valence-electron chi connectivity index (χ1n) is 5.93. The Bertz CT molecular complexity index is 752. The van der Waals surface area contributed by atoms with E-state index in [1.165, 1.54) is 6.07 Å². The molecule has 0 atom stereocenters. The smallest absolute Gasteiger partial charge is 0.248 e. The standard InChI is InChI=1S/C14H12N4O/c19-14-4-1-10-7-11(2-3-13(10)18-14)17-9-12-8-15-5-6-16-12/h1-8,17H,9H2,(H,18,19). The Hall–Kier alpha value is -2.69. The van der Waals surface area contributed by atoms with E-state index in [0.29, 0.717) is 6.54 Å². The maximum absolute atomic E-state index is 11.2. The SMILES string of the molecule is O=c1ccc2cc(NCc3cnccn3)ccc2[nH]1. The molecular formula is C14H12N4O. The molecule has 3 aromatic rings. The molecule has 0 aliphatic rings. The van der Waals surface area contributed by atoms with Crippen molar-refractivity contribution in [2.45, 2.75) is 6.54 Å². The minimum Gasteiger partial charge on any atom is -0.379 e. The van der Waals surface area contributed by atoms with E-state index >= 15 is 0 Å². The Morgan fingerprint density at radius 1 is 1.16 bits per heavy atom. The number of nitrogens with one attached hydrogen (secondary N) is 2. The van der Waals surface area contributed by atoms with Crippen molar-refractivity contribution in [3.8, 4) is 0 Å². The molecule has 5 nitrogen and oxygen atoms in total. The number of benzene rings is 1. The van der Waals surface area contributed by atoms with Crippen LogP contribution in [-0.2, 0) is 6.54 Å². The van der Waals surface area contributed by atoms with Crippen LogP contribution in [0.3, 0.4) is 0 Å². The molecule has 3 rings (SSSR count). The van der Waals surface area contributed by atoms with Gasteiger partial charge >= 0.3 is 0 Å². The van der Waals surface area contributed by atoms with E-state index in [1.807, 2.05) is 24.3 Å². The summed E-state index contributed by atoms with van der Waals surface area (Å²) in [4.78, 5) is 22.2. The highest BCUT2D eigenvalue weighted by Crippen LogP contribution is 2.16. The van der Waals surface area contributed by atoms with Crippen LogP contribution < -0.4 is 10.9 Å². The van der Waals surface area contributed by atoms with Crippen molar-refractivity contribution in [1.29, 1.82) is 0 Å². The summed E-state index contributed by atoms with van der Waals surface area (Å²) >= 11 is 0. The molecule has 1 aromatic carbocycles. The van der Waals surface area contributed by atoms with Gasteiger partial charge in [-0.05, 0) is 24.3 Å². The summed E-state index contributed by atoms with van der Waals surface area (Å²) in [6, 6.07) is 9.13. The van der Waals surface area contributed by atoms with E-state index in [9.17, 15) is 4.79 Å². The lowest BCUT2D eigenvalue weighted by Crippen LogP contribution is -2.04. The van der Waals surface area contributed by atoms with Crippen molar-refractivity contribution in [3.05, 3.63) is 65.0 Å². The van der Waals surface area contributed by atoms with Crippen molar-refractivity contribution in [3.63, 3.8) is 0 Å². The van der Waals surface area contributed by atoms with Gasteiger partial charge in [0.25, 0.3) is 0 Å². The molecule has 0 radical (unpaired) electrons. The maximum Gasteiger partial charge on any atom is 0.248 e. The first-order chi connectivity index (χ1) is 9.31. The highest BCUT2D eigenvalue weighted by Gasteiger charge is 1.98. The molecule has 2 aromatic heterocycles. The first-order valence-corrected chi connectivity index (χ1v) is 5.93. The summed E-state index contributed by atoms with van der Waals surface area (Å²) in [6.45, 7) is 0.614. The van der Waals surface area contributed by atoms with Gasteiger partial charge < -0.3 is 10.3 Å². The Labute approximate surface area is 109 Å². The van der Waals surface area contributed by atoms with Gasteiger partial charge in [-0.2, -0.15) is 0 Å². The topological polar surface area (TPSA) is 70.7 Å². The second-order valence-corrected chi connectivity index (χ2v) is 4.17. The highest BCUT2D eigenvalue weighted by atomic mass is 16.1. The van der Waals surface area contributed by atoms with Crippen LogP contribution in [0.25, 0.3) is 10.9 Å². The molecule has 2 N–H and O–H groups in total. The molecule has 94 valence electrons. The van der Waals surface area contributed by atoms with Crippen molar-refractivity contribution >= 4 is 16.6 Å². The molecular weight excluding hydrogens is 240 g/mol. The molecule has 0 fully saturated rings. The lowest BCUT2D eigenvalue weighted by atomic mass is 10.2. The Balaban J connectivity index is 1.82. The molecule has 0 bridgehead atoms. The van der Waals surface area contributed by atoms with Crippen molar-refractivity contribution in [1.82, 2.24) is 15.0 Å². The van der Waals surface area contributed by atoms with Crippen LogP contribution in [0.5, 0.6) is 0 Å². The average molecular weight is 252 g/mol. The molecule has 0 spiro atoms. The Morgan fingerprint density at radius 3 is 2.95 bits per heavy atom. The fraction of sp³-hybridized carbons (Fsp3) is 0.0714. The zero-order chi connectivity index (χ0) is 13.1. The van der Waals surface area contributed by atoms with Crippen LogP contribution in [0, 0.1) is 0 Å². The largest absolute Gasteiger partial charge is 0.379 e. The number of anilines is 1. The molecule has 0 unspecified atom stereocenters. The molecule has 5 heteroatoms. The van der Waals surface area contributed by atoms with Gasteiger partial charge in [-0.25, -0.2) is 0 Å². The fourth-order valence-electron chi connectivity index (χ4n) is 1.88. The van der Waals surface area contributed by atoms with E-state index in [0.717, 1.165) is 22.3 Å². The van der Waals surface area contributed by atoms with Crippen LogP contribution in [0.4, 0.5) is 5.69 Å². The van der Waals surface area contributed by atoms with E-state index in [1.54, 1.807) is 18.6 Å². The quantitative estimate of drug-likeness (QED) is 0.747. The summed E-state index contributed by atoms with van der Waals surface area (Å²) in [5.74, 6) is 0. The number of H-pyrrole nitrogens is 1. The van der Waals surface area contributed by atoms with Crippen LogP contribution in [0.2, 0.25) is 0 Å². The van der Waals surface area contributed by atoms with Crippen LogP contribution in [-0.4, -0.2) is 15.0 Å². The molecule has 0 aliphatic heterocycles. The number of aromatic nitrogens is 3. The summed E-state index contributed by atoms with van der Waals surface area (Å²) in [7, 11) is 0. The normalized spacial score (nSPS) is 10.5. The summed E-state index contributed by atoms with van der Waals surface area (Å²) in [6.07, 6.45) is 5.05. The lowest BCUT2D eigenvalue weighted by Gasteiger charge is -2.06. The van der Waals surface area contributed by atoms with Crippen molar-refractivity contribution in [2.75, 3.05) is 5.32 Å². The number of pyridine rings is 1. The first kappa shape index (κ1) is 11.4. The van der Waals surface area contributed by atoms with Crippen LogP contribution in [0.15, 0.2) is 53.7 Å². The summed E-state index contributed by atoms with van der Waals surface area (Å²) in [5.41, 5.74) is 2.60. The molecule has 0 aliphatic carbocycles. The van der Waals surface area contributed by atoms with Gasteiger partial charge in [0.1, 0.15) is 0 Å². The van der Waals surface area contributed by atoms with Gasteiger partial charge in [-0.1, -0.05) is 0 Å². The number of nitrogens with zero attached hydrogens (tertiary/aromatic N) is 2. The number of rotatable bonds is 3. The maximum atomic E-state index is 11.2. The van der Waals surface area contributed by atoms with E-state index in [2.05, 4.69) is 20.3 Å². The monoisotopic (exact) mass is 252 g/mol. The van der Waals surface area contributed by atoms with Crippen LogP contribution >= 0.6 is 0 Å². The zero-order valence-corrected chi connectivity index (χ0v) is 10.1. The van der Waals surface area contributed by atoms with Gasteiger partial charge in [-0.15, -0.1) is 0 Å². The van der Waals surface area contributed by atoms with Gasteiger partial charge in [-0.3, -0.25) is 14.8 Å². The van der Waals surface area contributed by atoms with Crippen LogP contribution in [0.1, 0.15) is 5.69 Å². The average Bonchev–Trinajstić information content (AvgIpc) is 2.46. The second kappa shape index (κ2) is 4.89. The second-order valence-electron chi connectivity index (χ2n) is 4.17. The third-order valence-corrected chi connectivity index (χ3v) is 2.81. The third kappa shape index (κ3) is 2.60. The van der Waals surface area contributed by atoms with Gasteiger partial charge in [0.15, 0.2) is 0 Å². The van der Waals surface area contributed by atoms with E-state index in [4.69, 9.17) is 0 Å². The van der Waals surface area contributed by atoms with Gasteiger partial charge in [0.05, 0.1) is 18.4 Å². The minimum atomic E-state index is -0.0900. The number of hydrogen-bond donors (Lipinski definition) is 2. The highest BCUT2D eigenvalue weighted by molar-refractivity contribution is 5.82. The molecule has 19 heavy (non-hydrogen) atoms. The zero-order valence-electron chi connectivity index (χ0n) is 10.1. The van der Waals surface area contributed by atoms with E-state index < -0.39 is 0 Å². The number of fused-ring (bicyclic) bond motifs is 1. The summed E-state index contributed by atoms with van der Waals surface area (Å²) in [5, 5.41) is 4.26. The third-order valence-electron chi connectivity index (χ3n) is 2.81. The molecule has 0 amide bonds.